The van der Waals surface area contributed by atoms with E-state index in [-0.39, 0.29) is 54.5 Å². The zero-order chi connectivity index (χ0) is 77.9. The number of carbonyl (C=O) groups excluding carboxylic acids is 3. The summed E-state index contributed by atoms with van der Waals surface area (Å²) in [4.78, 5) is 58.7. The number of nitrogens with zero attached hydrogens (tertiary/aromatic N) is 18. The minimum absolute atomic E-state index is 0.0539. The fourth-order valence-electron chi connectivity index (χ4n) is 12.8. The third-order valence-electron chi connectivity index (χ3n) is 18.9. The number of Topliss-reactive ketones (excluding diaryl/α,β-unsaturated/α-hetero) is 1. The van der Waals surface area contributed by atoms with Crippen molar-refractivity contribution in [2.75, 3.05) is 23.0 Å². The molecule has 5 aromatic carbocycles. The van der Waals surface area contributed by atoms with Gasteiger partial charge in [0.2, 0.25) is 0 Å². The third-order valence-corrected chi connectivity index (χ3v) is 24.4. The van der Waals surface area contributed by atoms with Crippen LogP contribution >= 0.6 is 54.7 Å². The van der Waals surface area contributed by atoms with Crippen molar-refractivity contribution in [1.29, 1.82) is 0 Å². The molecule has 0 unspecified atom stereocenters. The molecule has 7 aromatic heterocycles. The number of anilines is 2. The molecule has 17 rings (SSSR count). The van der Waals surface area contributed by atoms with Gasteiger partial charge in [0.1, 0.15) is 18.0 Å². The van der Waals surface area contributed by atoms with Gasteiger partial charge in [0, 0.05) is 54.1 Å². The van der Waals surface area contributed by atoms with Crippen molar-refractivity contribution in [3.05, 3.63) is 271 Å². The van der Waals surface area contributed by atoms with Crippen LogP contribution < -0.4 is 31.2 Å². The first-order valence-electron chi connectivity index (χ1n) is 34.7. The van der Waals surface area contributed by atoms with E-state index in [0.29, 0.717) is 18.1 Å². The molecule has 2 N–H and O–H groups in total. The predicted octanol–water partition coefficient (Wildman–Crippen LogP) is 12.7. The van der Waals surface area contributed by atoms with Crippen molar-refractivity contribution in [2.45, 2.75) is 104 Å². The molecule has 12 aromatic rings. The average molecular weight is 1690 g/mol. The smallest absolute Gasteiger partial charge is 0.441 e. The van der Waals surface area contributed by atoms with E-state index in [4.69, 9.17) is 29.4 Å². The van der Waals surface area contributed by atoms with Gasteiger partial charge in [-0.3, -0.25) is 19.6 Å². The van der Waals surface area contributed by atoms with Crippen molar-refractivity contribution in [3.63, 3.8) is 0 Å². The molecule has 560 valence electrons. The van der Waals surface area contributed by atoms with E-state index in [1.54, 1.807) is 86.3 Å². The maximum Gasteiger partial charge on any atom is 0.496 e. The van der Waals surface area contributed by atoms with Crippen molar-refractivity contribution in [1.82, 2.24) is 64.9 Å². The van der Waals surface area contributed by atoms with E-state index in [2.05, 4.69) is 151 Å². The molecule has 0 bridgehead atoms. The number of aliphatic hydroxyl groups excluding tert-OH is 2. The second kappa shape index (κ2) is 34.9. The Bertz CT molecular complexity index is 5200. The van der Waals surface area contributed by atoms with E-state index < -0.39 is 26.2 Å². The minimum atomic E-state index is -2.08. The Balaban J connectivity index is 0.000000126. The zero-order valence-corrected chi connectivity index (χ0v) is 66.6. The first-order valence-corrected chi connectivity index (χ1v) is 39.0. The molecule has 12 heterocycles. The molecule has 0 radical (unpaired) electrons. The predicted molar refractivity (Wildman–Crippen MR) is 432 cm³/mol. The second-order valence-electron chi connectivity index (χ2n) is 26.7. The molecule has 5 aliphatic rings. The molecule has 32 heteroatoms. The maximum absolute atomic E-state index is 12.2. The lowest BCUT2D eigenvalue weighted by Crippen LogP contribution is -2.41. The van der Waals surface area contributed by atoms with Gasteiger partial charge in [0.25, 0.3) is 0 Å². The van der Waals surface area contributed by atoms with Crippen LogP contribution in [0.15, 0.2) is 238 Å². The number of aliphatic hydroxyl groups is 2. The summed E-state index contributed by atoms with van der Waals surface area (Å²) in [7, 11) is -0.395. The summed E-state index contributed by atoms with van der Waals surface area (Å²) < 4.78 is 30.2. The molecular weight excluding hydrogens is 1610 g/mol. The molecule has 27 nitrogen and oxygen atoms in total. The number of hydrogen-bond acceptors (Lipinski definition) is 20. The fourth-order valence-corrected chi connectivity index (χ4v) is 17.5. The van der Waals surface area contributed by atoms with Crippen molar-refractivity contribution in [3.8, 4) is 28.6 Å². The van der Waals surface area contributed by atoms with E-state index >= 15 is 0 Å². The van der Waals surface area contributed by atoms with Crippen LogP contribution in [0, 0.1) is 20.8 Å². The van der Waals surface area contributed by atoms with Crippen molar-refractivity contribution >= 4 is 124 Å². The zero-order valence-electron chi connectivity index (χ0n) is 61.0. The monoisotopic (exact) mass is 1690 g/mol. The lowest BCUT2D eigenvalue weighted by Gasteiger charge is -2.32. The van der Waals surface area contributed by atoms with E-state index in [1.165, 1.54) is 15.9 Å². The molecule has 3 fully saturated rings. The number of halogens is 3. The molecule has 0 spiro atoms. The Morgan fingerprint density at radius 3 is 1.35 bits per heavy atom. The van der Waals surface area contributed by atoms with Gasteiger partial charge < -0.3 is 29.0 Å². The SMILES string of the molecule is CC(=O)C=P(c1ccccc1)(c1ccccc1)c1ccccc1.Cc1cnnn1-c1ccc(-c2ccc3c(c2)C[C@H]2[C@H](CO)OC(=O)N32)cn1.Cc1cnnn1-c1ccc(B2OC(C)(C)C(C)(C)O2)cn1.Cc1cnnn1-c1ccc(Br)cn1.O=C1O[C@@H](CO)[C@@H]2Cc3cc(Br)ccc3N12.[N-]=[N+]=Nc1ccc(Br)cn1. The van der Waals surface area contributed by atoms with E-state index in [1.807, 2.05) is 176 Å². The van der Waals surface area contributed by atoms with Crippen LogP contribution in [-0.4, -0.2) is 155 Å². The number of aryl methyl sites for hydroxylation is 3. The molecule has 3 saturated heterocycles. The van der Waals surface area contributed by atoms with Gasteiger partial charge in [-0.25, -0.2) is 24.5 Å². The summed E-state index contributed by atoms with van der Waals surface area (Å²) in [6, 6.07) is 57.6. The topological polar surface area (TPSA) is 328 Å². The number of benzene rings is 5. The highest BCUT2D eigenvalue weighted by Crippen LogP contribution is 2.45. The van der Waals surface area contributed by atoms with Gasteiger partial charge in [-0.1, -0.05) is 135 Å². The van der Waals surface area contributed by atoms with Crippen LogP contribution in [0.2, 0.25) is 0 Å². The average Bonchev–Trinajstić information content (AvgIpc) is 1.31. The number of azide groups is 1. The molecular formula is C78H75BBr3N18O9P. The summed E-state index contributed by atoms with van der Waals surface area (Å²) in [6.45, 7) is 13.2. The van der Waals surface area contributed by atoms with Crippen LogP contribution in [0.3, 0.4) is 0 Å². The molecule has 4 atom stereocenters. The minimum Gasteiger partial charge on any atom is -0.441 e. The van der Waals surface area contributed by atoms with Gasteiger partial charge >= 0.3 is 19.3 Å². The largest absolute Gasteiger partial charge is 0.496 e. The molecule has 2 amide bonds. The van der Waals surface area contributed by atoms with Crippen LogP contribution in [0.4, 0.5) is 26.8 Å². The molecule has 0 aliphatic carbocycles. The number of hydrogen-bond donors (Lipinski definition) is 2. The number of aromatic nitrogens is 13. The van der Waals surface area contributed by atoms with Crippen LogP contribution in [0.1, 0.15) is 62.8 Å². The van der Waals surface area contributed by atoms with Gasteiger partial charge in [0.15, 0.2) is 23.2 Å². The van der Waals surface area contributed by atoms with Crippen molar-refractivity contribution in [2.24, 2.45) is 5.11 Å². The Kier molecular flexibility index (Phi) is 25.0. The number of fused-ring (bicyclic) bond motifs is 6. The van der Waals surface area contributed by atoms with Crippen molar-refractivity contribution < 1.29 is 43.4 Å². The number of ether oxygens (including phenoxy) is 2. The van der Waals surface area contributed by atoms with Gasteiger partial charge in [-0.05, 0) is 229 Å². The van der Waals surface area contributed by atoms with Crippen LogP contribution in [0.5, 0.6) is 0 Å². The summed E-state index contributed by atoms with van der Waals surface area (Å²) in [5, 5.41) is 48.9. The number of cyclic esters (lactones) is 2. The second-order valence-corrected chi connectivity index (χ2v) is 32.7. The number of carbonyl (C=O) groups is 3. The highest BCUT2D eigenvalue weighted by atomic mass is 79.9. The standard InChI is InChI=1S/C21H19OP.C19H17N5O3.C14H19BN4O2.C11H10BrNO3.C8H7BrN4.C5H3BrN4/c1-18(22)17-23(19-11-5-2-6-12-19,20-13-7-3-8-14-20)21-15-9-4-10-16-21;1-11-8-21-22-24(11)18-5-3-13(9-20-18)12-2-4-15-14(6-12)7-16-17(10-25)27-19(26)23(15)16;1-10-8-17-18-19(10)12-7-6-11(9-16-12)15-20-13(2,3)14(4,5)21-15;12-7-1-2-8-6(3-7)4-9-10(5-14)16-11(15)13(8)9;1-6-4-11-12-13(6)8-3-2-7(9)5-10-8;6-4-1-2-5(8-3-4)9-10-7/h2-17H,1H3;2-6,8-9,16-17,25H,7,10H2,1H3;6-9H,1-5H3;1-3,9-10,14H,4-5H2;2-5H,1H3;1-3H/t;16-,17-;;9-,10-;;/m.0.0../s1. The molecule has 0 saturated carbocycles. The van der Waals surface area contributed by atoms with Crippen LogP contribution in [-0.2, 0) is 36.4 Å². The van der Waals surface area contributed by atoms with Crippen LogP contribution in [0.25, 0.3) is 39.0 Å². The Labute approximate surface area is 659 Å². The molecule has 5 aliphatic heterocycles. The number of rotatable bonds is 12. The van der Waals surface area contributed by atoms with Gasteiger partial charge in [0.05, 0.1) is 83.5 Å². The summed E-state index contributed by atoms with van der Waals surface area (Å²) in [5.41, 5.74) is 17.0. The Morgan fingerprint density at radius 1 is 0.545 bits per heavy atom. The number of pyridine rings is 4. The third kappa shape index (κ3) is 17.6. The molecule has 110 heavy (non-hydrogen) atoms. The highest BCUT2D eigenvalue weighted by molar-refractivity contribution is 9.11. The van der Waals surface area contributed by atoms with E-state index in [9.17, 15) is 19.5 Å². The lowest BCUT2D eigenvalue weighted by molar-refractivity contribution is -0.110. The summed E-state index contributed by atoms with van der Waals surface area (Å²) in [6.07, 6.45) is 11.7. The Morgan fingerprint density at radius 2 is 0.964 bits per heavy atom. The normalized spacial score (nSPS) is 17.0. The first kappa shape index (κ1) is 78.9. The first-order chi connectivity index (χ1) is 53.0. The number of amides is 2. The lowest BCUT2D eigenvalue weighted by atomic mass is 9.80. The quantitative estimate of drug-likeness (QED) is 0.0377. The fraction of sp³-hybridized carbons (Fsp3) is 0.231. The maximum atomic E-state index is 12.2. The van der Waals surface area contributed by atoms with Gasteiger partial charge in [-0.2, -0.15) is 14.0 Å². The number of ketones is 1. The summed E-state index contributed by atoms with van der Waals surface area (Å²) >= 11 is 9.93. The summed E-state index contributed by atoms with van der Waals surface area (Å²) in [5.74, 6) is 4.64. The highest BCUT2D eigenvalue weighted by Gasteiger charge is 2.52. The van der Waals surface area contributed by atoms with Gasteiger partial charge in [-0.15, -0.1) is 15.3 Å². The van der Waals surface area contributed by atoms with E-state index in [0.717, 1.165) is 87.6 Å². The Hall–Kier alpha value is -10.7.